The number of carbonyl (C=O) groups is 1. The van der Waals surface area contributed by atoms with Crippen molar-refractivity contribution in [2.75, 3.05) is 37.7 Å². The molecular formula is C22H23N5O2. The average molecular weight is 389 g/mol. The van der Waals surface area contributed by atoms with E-state index in [9.17, 15) is 4.79 Å². The Bertz CT molecular complexity index is 1210. The standard InChI is InChI=1S/C22H23N5O2/c1-2-29-22(28)16-14-15-8-9-19(26-12-5-10-23-11-13-26)25-20(15)27-18-7-4-3-6-17(18)24-21(16)27/h3-4,6-9,14,23H,2,5,10-13H2,1H3. The minimum absolute atomic E-state index is 0.323. The molecule has 5 rings (SSSR count). The quantitative estimate of drug-likeness (QED) is 0.543. The van der Waals surface area contributed by atoms with E-state index in [4.69, 9.17) is 14.7 Å². The number of nitrogens with zero attached hydrogens (tertiary/aromatic N) is 4. The fraction of sp³-hybridized carbons (Fsp3) is 0.318. The molecule has 4 heterocycles. The van der Waals surface area contributed by atoms with Gasteiger partial charge in [-0.05, 0) is 50.2 Å². The summed E-state index contributed by atoms with van der Waals surface area (Å²) < 4.78 is 7.27. The van der Waals surface area contributed by atoms with Gasteiger partial charge in [-0.15, -0.1) is 0 Å². The maximum Gasteiger partial charge on any atom is 0.341 e. The molecule has 3 aromatic heterocycles. The first kappa shape index (κ1) is 17.9. The fourth-order valence-corrected chi connectivity index (χ4v) is 3.99. The predicted molar refractivity (Wildman–Crippen MR) is 114 cm³/mol. The molecule has 1 aromatic carbocycles. The predicted octanol–water partition coefficient (Wildman–Crippen LogP) is 3.01. The van der Waals surface area contributed by atoms with E-state index in [1.165, 1.54) is 0 Å². The Morgan fingerprint density at radius 2 is 2.00 bits per heavy atom. The van der Waals surface area contributed by atoms with Gasteiger partial charge in [-0.25, -0.2) is 14.8 Å². The van der Waals surface area contributed by atoms with Crippen LogP contribution in [0.15, 0.2) is 42.5 Å². The van der Waals surface area contributed by atoms with Crippen molar-refractivity contribution in [2.24, 2.45) is 0 Å². The lowest BCUT2D eigenvalue weighted by molar-refractivity contribution is 0.0528. The van der Waals surface area contributed by atoms with Crippen LogP contribution in [0.25, 0.3) is 27.7 Å². The molecule has 0 aliphatic carbocycles. The molecule has 4 aromatic rings. The monoisotopic (exact) mass is 389 g/mol. The lowest BCUT2D eigenvalue weighted by Gasteiger charge is -2.21. The lowest BCUT2D eigenvalue weighted by atomic mass is 10.2. The number of ether oxygens (including phenoxy) is 1. The summed E-state index contributed by atoms with van der Waals surface area (Å²) in [6.45, 7) is 6.01. The van der Waals surface area contributed by atoms with Gasteiger partial charge in [-0.2, -0.15) is 0 Å². The summed E-state index contributed by atoms with van der Waals surface area (Å²) in [5.74, 6) is 0.585. The van der Waals surface area contributed by atoms with Crippen molar-refractivity contribution in [2.45, 2.75) is 13.3 Å². The van der Waals surface area contributed by atoms with E-state index >= 15 is 0 Å². The van der Waals surface area contributed by atoms with Crippen molar-refractivity contribution in [3.05, 3.63) is 48.0 Å². The van der Waals surface area contributed by atoms with Crippen LogP contribution in [0, 0.1) is 0 Å². The van der Waals surface area contributed by atoms with Gasteiger partial charge < -0.3 is 15.0 Å². The molecular weight excluding hydrogens is 366 g/mol. The number of imidazole rings is 1. The highest BCUT2D eigenvalue weighted by Crippen LogP contribution is 2.27. The number of aromatic nitrogens is 3. The Balaban J connectivity index is 1.78. The maximum absolute atomic E-state index is 12.6. The molecule has 29 heavy (non-hydrogen) atoms. The van der Waals surface area contributed by atoms with E-state index in [-0.39, 0.29) is 5.97 Å². The summed E-state index contributed by atoms with van der Waals surface area (Å²) in [5, 5.41) is 4.32. The first-order chi connectivity index (χ1) is 14.3. The smallest absolute Gasteiger partial charge is 0.341 e. The van der Waals surface area contributed by atoms with E-state index < -0.39 is 0 Å². The topological polar surface area (TPSA) is 71.8 Å². The maximum atomic E-state index is 12.6. The summed E-state index contributed by atoms with van der Waals surface area (Å²) >= 11 is 0. The van der Waals surface area contributed by atoms with Crippen LogP contribution in [0.3, 0.4) is 0 Å². The number of carbonyl (C=O) groups excluding carboxylic acids is 1. The third-order valence-electron chi connectivity index (χ3n) is 5.36. The van der Waals surface area contributed by atoms with Crippen LogP contribution >= 0.6 is 0 Å². The van der Waals surface area contributed by atoms with Gasteiger partial charge in [0.2, 0.25) is 0 Å². The van der Waals surface area contributed by atoms with Crippen LogP contribution < -0.4 is 10.2 Å². The zero-order valence-corrected chi connectivity index (χ0v) is 16.4. The number of hydrogen-bond acceptors (Lipinski definition) is 6. The van der Waals surface area contributed by atoms with E-state index in [2.05, 4.69) is 10.2 Å². The molecule has 0 atom stereocenters. The van der Waals surface area contributed by atoms with Crippen molar-refractivity contribution in [1.82, 2.24) is 19.7 Å². The summed E-state index contributed by atoms with van der Waals surface area (Å²) in [7, 11) is 0. The molecule has 1 aliphatic heterocycles. The molecule has 1 N–H and O–H groups in total. The number of pyridine rings is 2. The fourth-order valence-electron chi connectivity index (χ4n) is 3.99. The summed E-state index contributed by atoms with van der Waals surface area (Å²) in [6.07, 6.45) is 1.09. The molecule has 1 saturated heterocycles. The highest BCUT2D eigenvalue weighted by atomic mass is 16.5. The van der Waals surface area contributed by atoms with E-state index in [1.54, 1.807) is 0 Å². The first-order valence-corrected chi connectivity index (χ1v) is 10.1. The number of benzene rings is 1. The molecule has 0 spiro atoms. The van der Waals surface area contributed by atoms with Crippen LogP contribution in [-0.2, 0) is 4.74 Å². The van der Waals surface area contributed by atoms with Crippen LogP contribution in [0.2, 0.25) is 0 Å². The van der Waals surface area contributed by atoms with Crippen LogP contribution in [0.1, 0.15) is 23.7 Å². The van der Waals surface area contributed by atoms with Gasteiger partial charge in [0.1, 0.15) is 17.0 Å². The van der Waals surface area contributed by atoms with Gasteiger partial charge in [0, 0.05) is 25.0 Å². The summed E-state index contributed by atoms with van der Waals surface area (Å²) in [4.78, 5) is 24.7. The Morgan fingerprint density at radius 3 is 2.90 bits per heavy atom. The number of anilines is 1. The Hall–Kier alpha value is -3.19. The number of esters is 1. The van der Waals surface area contributed by atoms with E-state index in [1.807, 2.05) is 53.8 Å². The second kappa shape index (κ2) is 7.33. The number of para-hydroxylation sites is 2. The highest BCUT2D eigenvalue weighted by molar-refractivity contribution is 6.03. The normalized spacial score (nSPS) is 15.1. The average Bonchev–Trinajstić information content (AvgIpc) is 2.92. The van der Waals surface area contributed by atoms with Crippen molar-refractivity contribution in [1.29, 1.82) is 0 Å². The SMILES string of the molecule is CCOC(=O)c1cc2ccc(N3CCCNCC3)nc2n2c1nc1ccccc12. The molecule has 1 fully saturated rings. The Labute approximate surface area is 168 Å². The molecule has 0 saturated carbocycles. The molecule has 0 bridgehead atoms. The van der Waals surface area contributed by atoms with Crippen LogP contribution in [0.5, 0.6) is 0 Å². The number of nitrogens with one attached hydrogen (secondary N) is 1. The molecule has 7 heteroatoms. The van der Waals surface area contributed by atoms with Crippen LogP contribution in [0.4, 0.5) is 5.82 Å². The van der Waals surface area contributed by atoms with E-state index in [0.717, 1.165) is 60.5 Å². The second-order valence-electron chi connectivity index (χ2n) is 7.21. The van der Waals surface area contributed by atoms with Gasteiger partial charge in [-0.3, -0.25) is 4.40 Å². The lowest BCUT2D eigenvalue weighted by Crippen LogP contribution is -2.28. The second-order valence-corrected chi connectivity index (χ2v) is 7.21. The minimum atomic E-state index is -0.364. The molecule has 0 amide bonds. The highest BCUT2D eigenvalue weighted by Gasteiger charge is 2.20. The van der Waals surface area contributed by atoms with Crippen molar-refractivity contribution >= 4 is 39.5 Å². The number of rotatable bonds is 3. The van der Waals surface area contributed by atoms with E-state index in [0.29, 0.717) is 17.8 Å². The molecule has 7 nitrogen and oxygen atoms in total. The zero-order chi connectivity index (χ0) is 19.8. The van der Waals surface area contributed by atoms with Gasteiger partial charge >= 0.3 is 5.97 Å². The van der Waals surface area contributed by atoms with Gasteiger partial charge in [0.05, 0.1) is 17.6 Å². The van der Waals surface area contributed by atoms with Gasteiger partial charge in [0.15, 0.2) is 5.65 Å². The van der Waals surface area contributed by atoms with Crippen molar-refractivity contribution < 1.29 is 9.53 Å². The molecule has 148 valence electrons. The molecule has 1 aliphatic rings. The zero-order valence-electron chi connectivity index (χ0n) is 16.4. The number of fused-ring (bicyclic) bond motifs is 5. The van der Waals surface area contributed by atoms with Crippen LogP contribution in [-0.4, -0.2) is 53.1 Å². The van der Waals surface area contributed by atoms with Gasteiger partial charge in [0.25, 0.3) is 0 Å². The summed E-state index contributed by atoms with van der Waals surface area (Å²) in [5.41, 5.74) is 3.61. The first-order valence-electron chi connectivity index (χ1n) is 10.1. The summed E-state index contributed by atoms with van der Waals surface area (Å²) in [6, 6.07) is 13.8. The van der Waals surface area contributed by atoms with Crippen molar-refractivity contribution in [3.8, 4) is 0 Å². The Morgan fingerprint density at radius 1 is 1.10 bits per heavy atom. The third-order valence-corrected chi connectivity index (χ3v) is 5.36. The minimum Gasteiger partial charge on any atom is -0.462 e. The van der Waals surface area contributed by atoms with Crippen molar-refractivity contribution in [3.63, 3.8) is 0 Å². The Kier molecular flexibility index (Phi) is 4.52. The third kappa shape index (κ3) is 3.07. The van der Waals surface area contributed by atoms with Gasteiger partial charge in [-0.1, -0.05) is 12.1 Å². The molecule has 0 unspecified atom stereocenters. The number of hydrogen-bond donors (Lipinski definition) is 1. The molecule has 0 radical (unpaired) electrons. The largest absolute Gasteiger partial charge is 0.462 e.